The van der Waals surface area contributed by atoms with Gasteiger partial charge < -0.3 is 10.4 Å². The summed E-state index contributed by atoms with van der Waals surface area (Å²) in [6.07, 6.45) is 3.51. The van der Waals surface area contributed by atoms with Gasteiger partial charge in [-0.15, -0.1) is 0 Å². The molecule has 0 aliphatic heterocycles. The number of halogens is 1. The molecule has 0 spiro atoms. The lowest BCUT2D eigenvalue weighted by Gasteiger charge is -2.25. The van der Waals surface area contributed by atoms with Gasteiger partial charge in [0.15, 0.2) is 0 Å². The van der Waals surface area contributed by atoms with E-state index in [0.29, 0.717) is 6.54 Å². The van der Waals surface area contributed by atoms with Gasteiger partial charge >= 0.3 is 0 Å². The van der Waals surface area contributed by atoms with Crippen LogP contribution in [0, 0.1) is 0 Å². The van der Waals surface area contributed by atoms with Crippen molar-refractivity contribution in [2.24, 2.45) is 7.05 Å². The highest BCUT2D eigenvalue weighted by atomic mass is 35.5. The Morgan fingerprint density at radius 3 is 2.85 bits per heavy atom. The van der Waals surface area contributed by atoms with Gasteiger partial charge in [0.05, 0.1) is 6.20 Å². The fourth-order valence-corrected chi connectivity index (χ4v) is 2.25. The Morgan fingerprint density at radius 2 is 2.25 bits per heavy atom. The number of nitrogens with zero attached hydrogens (tertiary/aromatic N) is 2. The Balaban J connectivity index is 2.01. The van der Waals surface area contributed by atoms with E-state index in [0.717, 1.165) is 16.1 Å². The van der Waals surface area contributed by atoms with Gasteiger partial charge in [-0.2, -0.15) is 5.10 Å². The van der Waals surface area contributed by atoms with Crippen LogP contribution in [0.25, 0.3) is 0 Å². The fourth-order valence-electron chi connectivity index (χ4n) is 2.05. The monoisotopic (exact) mass is 293 g/mol. The molecule has 0 saturated carbocycles. The maximum absolute atomic E-state index is 10.5. The molecule has 108 valence electrons. The summed E-state index contributed by atoms with van der Waals surface area (Å²) >= 11 is 5.99. The third kappa shape index (κ3) is 3.60. The minimum atomic E-state index is -0.957. The molecule has 1 aromatic carbocycles. The molecular formula is C15H20ClN3O. The summed E-state index contributed by atoms with van der Waals surface area (Å²) in [4.78, 5) is 0. The Hall–Kier alpha value is -1.36. The summed E-state index contributed by atoms with van der Waals surface area (Å²) in [5, 5.41) is 18.6. The van der Waals surface area contributed by atoms with E-state index in [1.54, 1.807) is 17.8 Å². The summed E-state index contributed by atoms with van der Waals surface area (Å²) in [6, 6.07) is 7.83. The predicted octanol–water partition coefficient (Wildman–Crippen LogP) is 2.63. The minimum Gasteiger partial charge on any atom is -0.384 e. The van der Waals surface area contributed by atoms with Crippen molar-refractivity contribution in [3.8, 4) is 0 Å². The van der Waals surface area contributed by atoms with Gasteiger partial charge in [0.2, 0.25) is 0 Å². The smallest absolute Gasteiger partial charge is 0.102 e. The largest absolute Gasteiger partial charge is 0.384 e. The molecule has 1 aromatic heterocycles. The lowest BCUT2D eigenvalue weighted by Crippen LogP contribution is -2.36. The highest BCUT2D eigenvalue weighted by Crippen LogP contribution is 2.22. The molecule has 0 aliphatic carbocycles. The van der Waals surface area contributed by atoms with E-state index in [1.165, 1.54) is 0 Å². The standard InChI is InChI=1S/C15H20ClN3O/c1-11(12-5-4-6-14(16)7-12)17-10-15(2,20)13-8-18-19(3)9-13/h4-9,11,17,20H,10H2,1-3H3. The predicted molar refractivity (Wildman–Crippen MR) is 80.6 cm³/mol. The maximum Gasteiger partial charge on any atom is 0.102 e. The average Bonchev–Trinajstić information content (AvgIpc) is 2.83. The van der Waals surface area contributed by atoms with Gasteiger partial charge in [0, 0.05) is 36.4 Å². The van der Waals surface area contributed by atoms with Crippen LogP contribution in [0.15, 0.2) is 36.7 Å². The second-order valence-corrected chi connectivity index (χ2v) is 5.77. The number of rotatable bonds is 5. The summed E-state index contributed by atoms with van der Waals surface area (Å²) in [5.74, 6) is 0. The molecule has 2 N–H and O–H groups in total. The molecule has 0 fully saturated rings. The van der Waals surface area contributed by atoms with Crippen molar-refractivity contribution in [2.75, 3.05) is 6.54 Å². The van der Waals surface area contributed by atoms with Gasteiger partial charge in [-0.3, -0.25) is 4.68 Å². The van der Waals surface area contributed by atoms with Crippen molar-refractivity contribution in [3.05, 3.63) is 52.8 Å². The van der Waals surface area contributed by atoms with Gasteiger partial charge in [-0.25, -0.2) is 0 Å². The number of aromatic nitrogens is 2. The first-order chi connectivity index (χ1) is 9.38. The summed E-state index contributed by atoms with van der Waals surface area (Å²) < 4.78 is 1.68. The van der Waals surface area contributed by atoms with Crippen molar-refractivity contribution in [3.63, 3.8) is 0 Å². The molecule has 4 nitrogen and oxygen atoms in total. The third-order valence-corrected chi connectivity index (χ3v) is 3.66. The number of aliphatic hydroxyl groups is 1. The van der Waals surface area contributed by atoms with Crippen molar-refractivity contribution in [1.29, 1.82) is 0 Å². The second-order valence-electron chi connectivity index (χ2n) is 5.33. The normalized spacial score (nSPS) is 15.8. The summed E-state index contributed by atoms with van der Waals surface area (Å²) in [7, 11) is 1.83. The van der Waals surface area contributed by atoms with E-state index in [9.17, 15) is 5.11 Å². The molecule has 5 heteroatoms. The number of aryl methyl sites for hydroxylation is 1. The molecule has 2 aromatic rings. The molecule has 1 heterocycles. The summed E-state index contributed by atoms with van der Waals surface area (Å²) in [6.45, 7) is 4.26. The lowest BCUT2D eigenvalue weighted by atomic mass is 9.98. The first-order valence-corrected chi connectivity index (χ1v) is 6.96. The third-order valence-electron chi connectivity index (χ3n) is 3.43. The SMILES string of the molecule is CC(NCC(C)(O)c1cnn(C)c1)c1cccc(Cl)c1. The highest BCUT2D eigenvalue weighted by Gasteiger charge is 2.25. The van der Waals surface area contributed by atoms with Crippen LogP contribution >= 0.6 is 11.6 Å². The zero-order chi connectivity index (χ0) is 14.8. The van der Waals surface area contributed by atoms with Crippen LogP contribution in [0.2, 0.25) is 5.02 Å². The van der Waals surface area contributed by atoms with Crippen molar-refractivity contribution in [2.45, 2.75) is 25.5 Å². The Kier molecular flexibility index (Phi) is 4.48. The van der Waals surface area contributed by atoms with E-state index < -0.39 is 5.60 Å². The van der Waals surface area contributed by atoms with Crippen LogP contribution in [0.1, 0.15) is 31.0 Å². The number of hydrogen-bond acceptors (Lipinski definition) is 3. The van der Waals surface area contributed by atoms with E-state index >= 15 is 0 Å². The Labute approximate surface area is 124 Å². The van der Waals surface area contributed by atoms with Gasteiger partial charge in [-0.05, 0) is 31.5 Å². The molecule has 0 bridgehead atoms. The minimum absolute atomic E-state index is 0.108. The highest BCUT2D eigenvalue weighted by molar-refractivity contribution is 6.30. The van der Waals surface area contributed by atoms with E-state index in [4.69, 9.17) is 11.6 Å². The maximum atomic E-state index is 10.5. The molecular weight excluding hydrogens is 274 g/mol. The quantitative estimate of drug-likeness (QED) is 0.891. The van der Waals surface area contributed by atoms with Crippen LogP contribution in [0.5, 0.6) is 0 Å². The zero-order valence-corrected chi connectivity index (χ0v) is 12.7. The molecule has 0 saturated heterocycles. The molecule has 2 atom stereocenters. The van der Waals surface area contributed by atoms with Gasteiger partial charge in [-0.1, -0.05) is 23.7 Å². The zero-order valence-electron chi connectivity index (χ0n) is 12.0. The number of hydrogen-bond donors (Lipinski definition) is 2. The van der Waals surface area contributed by atoms with E-state index in [-0.39, 0.29) is 6.04 Å². The van der Waals surface area contributed by atoms with Crippen molar-refractivity contribution < 1.29 is 5.11 Å². The first-order valence-electron chi connectivity index (χ1n) is 6.59. The molecule has 20 heavy (non-hydrogen) atoms. The molecule has 0 amide bonds. The summed E-state index contributed by atoms with van der Waals surface area (Å²) in [5.41, 5.74) is 0.937. The Morgan fingerprint density at radius 1 is 1.50 bits per heavy atom. The van der Waals surface area contributed by atoms with E-state index in [1.807, 2.05) is 44.4 Å². The van der Waals surface area contributed by atoms with Gasteiger partial charge in [0.1, 0.15) is 5.60 Å². The van der Waals surface area contributed by atoms with E-state index in [2.05, 4.69) is 10.4 Å². The first kappa shape index (κ1) is 15.0. The van der Waals surface area contributed by atoms with Crippen LogP contribution in [0.4, 0.5) is 0 Å². The molecule has 2 unspecified atom stereocenters. The fraction of sp³-hybridized carbons (Fsp3) is 0.400. The van der Waals surface area contributed by atoms with Crippen LogP contribution in [-0.4, -0.2) is 21.4 Å². The number of nitrogens with one attached hydrogen (secondary N) is 1. The topological polar surface area (TPSA) is 50.1 Å². The molecule has 2 rings (SSSR count). The van der Waals surface area contributed by atoms with Gasteiger partial charge in [0.25, 0.3) is 0 Å². The average molecular weight is 294 g/mol. The van der Waals surface area contributed by atoms with Crippen molar-refractivity contribution in [1.82, 2.24) is 15.1 Å². The van der Waals surface area contributed by atoms with Crippen LogP contribution in [0.3, 0.4) is 0 Å². The molecule has 0 aliphatic rings. The molecule has 0 radical (unpaired) electrons. The Bertz CT molecular complexity index is 580. The van der Waals surface area contributed by atoms with Crippen LogP contribution < -0.4 is 5.32 Å². The lowest BCUT2D eigenvalue weighted by molar-refractivity contribution is 0.0543. The number of benzene rings is 1. The second kappa shape index (κ2) is 5.95. The van der Waals surface area contributed by atoms with Crippen molar-refractivity contribution >= 4 is 11.6 Å². The van der Waals surface area contributed by atoms with Crippen LogP contribution in [-0.2, 0) is 12.6 Å².